The number of hydrogen-bond acceptors (Lipinski definition) is 5. The van der Waals surface area contributed by atoms with Gasteiger partial charge < -0.3 is 25.0 Å². The molecule has 0 aliphatic heterocycles. The highest BCUT2D eigenvalue weighted by Gasteiger charge is 2.13. The van der Waals surface area contributed by atoms with Crippen LogP contribution in [0.3, 0.4) is 0 Å². The van der Waals surface area contributed by atoms with Crippen LogP contribution in [0.4, 0.5) is 0 Å². The molecule has 84 valence electrons. The van der Waals surface area contributed by atoms with Crippen LogP contribution in [0.5, 0.6) is 0 Å². The van der Waals surface area contributed by atoms with Gasteiger partial charge in [0.1, 0.15) is 6.04 Å². The van der Waals surface area contributed by atoms with Gasteiger partial charge in [-0.1, -0.05) is 0 Å². The normalized spacial score (nSPS) is 12.7. The van der Waals surface area contributed by atoms with E-state index in [-0.39, 0.29) is 0 Å². The Morgan fingerprint density at radius 1 is 1.43 bits per heavy atom. The summed E-state index contributed by atoms with van der Waals surface area (Å²) >= 11 is 0. The molecule has 0 spiro atoms. The fourth-order valence-corrected chi connectivity index (χ4v) is 0.780. The summed E-state index contributed by atoms with van der Waals surface area (Å²) in [5, 5.41) is 19.8. The van der Waals surface area contributed by atoms with Gasteiger partial charge in [0, 0.05) is 13.7 Å². The predicted octanol–water partition coefficient (Wildman–Crippen LogP) is -1.32. The van der Waals surface area contributed by atoms with Crippen LogP contribution < -0.4 is 5.32 Å². The first-order valence-corrected chi connectivity index (χ1v) is 4.36. The number of carboxylic acid groups (broad SMARTS) is 1. The molecule has 0 aromatic heterocycles. The molecular formula is C8H17NO5. The van der Waals surface area contributed by atoms with Crippen LogP contribution in [0.2, 0.25) is 0 Å². The number of rotatable bonds is 9. The van der Waals surface area contributed by atoms with Crippen molar-refractivity contribution in [2.24, 2.45) is 0 Å². The molecule has 6 heteroatoms. The van der Waals surface area contributed by atoms with Crippen molar-refractivity contribution in [3.8, 4) is 0 Å². The highest BCUT2D eigenvalue weighted by molar-refractivity contribution is 5.73. The van der Waals surface area contributed by atoms with E-state index < -0.39 is 18.6 Å². The van der Waals surface area contributed by atoms with Crippen molar-refractivity contribution in [3.05, 3.63) is 0 Å². The Morgan fingerprint density at radius 2 is 2.14 bits per heavy atom. The minimum atomic E-state index is -1.07. The second-order valence-corrected chi connectivity index (χ2v) is 2.63. The molecule has 1 atom stereocenters. The smallest absolute Gasteiger partial charge is 0.323 e. The summed E-state index contributed by atoms with van der Waals surface area (Å²) in [5.41, 5.74) is 0. The van der Waals surface area contributed by atoms with Gasteiger partial charge in [-0.05, 0) is 0 Å². The Labute approximate surface area is 82.8 Å². The van der Waals surface area contributed by atoms with Crippen LogP contribution >= 0.6 is 0 Å². The van der Waals surface area contributed by atoms with Crippen molar-refractivity contribution in [1.82, 2.24) is 5.32 Å². The molecule has 0 saturated carbocycles. The molecule has 0 aliphatic carbocycles. The first-order valence-electron chi connectivity index (χ1n) is 4.36. The standard InChI is InChI=1S/C8H17NO5/c1-13-4-5-14-3-2-9-7(6-10)8(11)12/h7,9-10H,2-6H2,1H3,(H,11,12)/t7-/m0/s1. The van der Waals surface area contributed by atoms with Crippen molar-refractivity contribution in [2.45, 2.75) is 6.04 Å². The lowest BCUT2D eigenvalue weighted by molar-refractivity contribution is -0.140. The number of carboxylic acids is 1. The van der Waals surface area contributed by atoms with E-state index in [2.05, 4.69) is 5.32 Å². The minimum Gasteiger partial charge on any atom is -0.480 e. The fourth-order valence-electron chi connectivity index (χ4n) is 0.780. The average molecular weight is 207 g/mol. The number of methoxy groups -OCH3 is 1. The molecule has 0 aliphatic rings. The molecule has 0 radical (unpaired) electrons. The maximum Gasteiger partial charge on any atom is 0.323 e. The molecule has 14 heavy (non-hydrogen) atoms. The number of aliphatic carboxylic acids is 1. The zero-order chi connectivity index (χ0) is 10.8. The molecule has 0 unspecified atom stereocenters. The van der Waals surface area contributed by atoms with E-state index in [1.165, 1.54) is 0 Å². The molecule has 0 fully saturated rings. The lowest BCUT2D eigenvalue weighted by Crippen LogP contribution is -2.41. The van der Waals surface area contributed by atoms with Crippen molar-refractivity contribution in [3.63, 3.8) is 0 Å². The summed E-state index contributed by atoms with van der Waals surface area (Å²) in [7, 11) is 1.58. The van der Waals surface area contributed by atoms with Crippen LogP contribution in [-0.2, 0) is 14.3 Å². The SMILES string of the molecule is COCCOCCN[C@@H](CO)C(=O)O. The third-order valence-electron chi connectivity index (χ3n) is 1.55. The molecule has 0 heterocycles. The number of aliphatic hydroxyl groups excluding tert-OH is 1. The van der Waals surface area contributed by atoms with Gasteiger partial charge >= 0.3 is 5.97 Å². The zero-order valence-electron chi connectivity index (χ0n) is 8.23. The van der Waals surface area contributed by atoms with E-state index in [0.717, 1.165) is 0 Å². The molecule has 0 bridgehead atoms. The Hall–Kier alpha value is -0.690. The monoisotopic (exact) mass is 207 g/mol. The zero-order valence-corrected chi connectivity index (χ0v) is 8.23. The minimum absolute atomic E-state index is 0.390. The highest BCUT2D eigenvalue weighted by atomic mass is 16.5. The Morgan fingerprint density at radius 3 is 2.64 bits per heavy atom. The van der Waals surface area contributed by atoms with E-state index in [0.29, 0.717) is 26.4 Å². The summed E-state index contributed by atoms with van der Waals surface area (Å²) in [5.74, 6) is -1.07. The van der Waals surface area contributed by atoms with Gasteiger partial charge in [-0.25, -0.2) is 0 Å². The van der Waals surface area contributed by atoms with Gasteiger partial charge in [-0.15, -0.1) is 0 Å². The third kappa shape index (κ3) is 6.79. The number of hydrogen-bond donors (Lipinski definition) is 3. The summed E-state index contributed by atoms with van der Waals surface area (Å²) in [4.78, 5) is 10.4. The summed E-state index contributed by atoms with van der Waals surface area (Å²) in [6.45, 7) is 1.36. The molecule has 0 aromatic carbocycles. The van der Waals surface area contributed by atoms with Crippen molar-refractivity contribution >= 4 is 5.97 Å². The molecule has 0 saturated heterocycles. The molecular weight excluding hydrogens is 190 g/mol. The first-order chi connectivity index (χ1) is 6.72. The molecule has 0 rings (SSSR count). The molecule has 3 N–H and O–H groups in total. The number of ether oxygens (including phenoxy) is 2. The Balaban J connectivity index is 3.29. The van der Waals surface area contributed by atoms with Crippen LogP contribution in [0, 0.1) is 0 Å². The second kappa shape index (κ2) is 8.89. The van der Waals surface area contributed by atoms with Gasteiger partial charge in [0.2, 0.25) is 0 Å². The lowest BCUT2D eigenvalue weighted by Gasteiger charge is -2.11. The summed E-state index contributed by atoms with van der Waals surface area (Å²) in [6, 6.07) is -0.916. The largest absolute Gasteiger partial charge is 0.480 e. The number of aliphatic hydroxyl groups is 1. The predicted molar refractivity (Wildman–Crippen MR) is 49.2 cm³/mol. The van der Waals surface area contributed by atoms with Gasteiger partial charge in [-0.2, -0.15) is 0 Å². The maximum atomic E-state index is 10.4. The van der Waals surface area contributed by atoms with Gasteiger partial charge in [0.05, 0.1) is 26.4 Å². The average Bonchev–Trinajstić information content (AvgIpc) is 2.16. The van der Waals surface area contributed by atoms with Crippen molar-refractivity contribution in [2.75, 3.05) is 40.1 Å². The Bertz CT molecular complexity index is 153. The van der Waals surface area contributed by atoms with Crippen LogP contribution in [0.15, 0.2) is 0 Å². The van der Waals surface area contributed by atoms with E-state index in [1.807, 2.05) is 0 Å². The topological polar surface area (TPSA) is 88.0 Å². The quantitative estimate of drug-likeness (QED) is 0.407. The highest BCUT2D eigenvalue weighted by Crippen LogP contribution is 1.82. The van der Waals surface area contributed by atoms with E-state index in [1.54, 1.807) is 7.11 Å². The van der Waals surface area contributed by atoms with E-state index >= 15 is 0 Å². The molecule has 0 amide bonds. The third-order valence-corrected chi connectivity index (χ3v) is 1.55. The summed E-state index contributed by atoms with van der Waals surface area (Å²) < 4.78 is 9.84. The number of nitrogens with one attached hydrogen (secondary N) is 1. The van der Waals surface area contributed by atoms with Gasteiger partial charge in [0.15, 0.2) is 0 Å². The van der Waals surface area contributed by atoms with Crippen LogP contribution in [-0.4, -0.2) is 62.3 Å². The fraction of sp³-hybridized carbons (Fsp3) is 0.875. The summed E-state index contributed by atoms with van der Waals surface area (Å²) in [6.07, 6.45) is 0. The van der Waals surface area contributed by atoms with E-state index in [9.17, 15) is 4.79 Å². The maximum absolute atomic E-state index is 10.4. The second-order valence-electron chi connectivity index (χ2n) is 2.63. The van der Waals surface area contributed by atoms with Crippen LogP contribution in [0.25, 0.3) is 0 Å². The lowest BCUT2D eigenvalue weighted by atomic mass is 10.3. The van der Waals surface area contributed by atoms with Gasteiger partial charge in [-0.3, -0.25) is 4.79 Å². The van der Waals surface area contributed by atoms with E-state index in [4.69, 9.17) is 19.7 Å². The first kappa shape index (κ1) is 13.3. The Kier molecular flexibility index (Phi) is 8.45. The molecule has 6 nitrogen and oxygen atoms in total. The van der Waals surface area contributed by atoms with Crippen molar-refractivity contribution in [1.29, 1.82) is 0 Å². The number of carbonyl (C=O) groups is 1. The van der Waals surface area contributed by atoms with Crippen LogP contribution in [0.1, 0.15) is 0 Å². The molecule has 0 aromatic rings. The van der Waals surface area contributed by atoms with Crippen molar-refractivity contribution < 1.29 is 24.5 Å². The van der Waals surface area contributed by atoms with Gasteiger partial charge in [0.25, 0.3) is 0 Å².